The Morgan fingerprint density at radius 1 is 1.12 bits per heavy atom. The van der Waals surface area contributed by atoms with Crippen molar-refractivity contribution in [2.45, 2.75) is 0 Å². The molecule has 0 aromatic carbocycles. The van der Waals surface area contributed by atoms with Crippen molar-refractivity contribution >= 4 is 75.7 Å². The average molecular weight is 244 g/mol. The molecule has 0 aliphatic rings. The molecule has 8 heteroatoms. The highest BCUT2D eigenvalue weighted by Crippen LogP contribution is 2.19. The van der Waals surface area contributed by atoms with Crippen LogP contribution in [0.15, 0.2) is 0 Å². The SMILES string of the molecule is ClB(Cl)[Si][Si](Cl)(Cl)Cl. The van der Waals surface area contributed by atoms with E-state index in [2.05, 4.69) is 0 Å². The highest BCUT2D eigenvalue weighted by atomic mass is 35.8. The predicted octanol–water partition coefficient (Wildman–Crippen LogP) is 2.31. The third kappa shape index (κ3) is 7.95. The summed E-state index contributed by atoms with van der Waals surface area (Å²) in [6, 6.07) is 0. The average Bonchev–Trinajstić information content (AvgIpc) is 1.21. The van der Waals surface area contributed by atoms with E-state index in [0.29, 0.717) is 0 Å². The Hall–Kier alpha value is 1.95. The summed E-state index contributed by atoms with van der Waals surface area (Å²) >= 11 is 27.0. The summed E-state index contributed by atoms with van der Waals surface area (Å²) in [5.41, 5.74) is -2.54. The van der Waals surface area contributed by atoms with Crippen LogP contribution < -0.4 is 0 Å². The maximum atomic E-state index is 5.44. The van der Waals surface area contributed by atoms with Crippen LogP contribution >= 0.6 is 56.2 Å². The summed E-state index contributed by atoms with van der Waals surface area (Å²) in [7, 11) is 0.0640. The molecule has 0 fully saturated rings. The summed E-state index contributed by atoms with van der Waals surface area (Å²) in [6.45, 7) is 0. The highest BCUT2D eigenvalue weighted by Gasteiger charge is 2.30. The van der Waals surface area contributed by atoms with Crippen LogP contribution in [0.5, 0.6) is 0 Å². The number of rotatable bonds is 2. The molecular weight excluding hydrogens is 244 g/mol. The van der Waals surface area contributed by atoms with Crippen molar-refractivity contribution in [1.29, 1.82) is 0 Å². The summed E-state index contributed by atoms with van der Waals surface area (Å²) in [6.07, 6.45) is 0. The van der Waals surface area contributed by atoms with Gasteiger partial charge < -0.3 is 0 Å². The minimum absolute atomic E-state index is 0.0640. The first-order chi connectivity index (χ1) is 3.42. The minimum atomic E-state index is -2.54. The number of halogens is 5. The van der Waals surface area contributed by atoms with Crippen LogP contribution in [0.1, 0.15) is 0 Å². The van der Waals surface area contributed by atoms with E-state index < -0.39 is 10.7 Å². The van der Waals surface area contributed by atoms with E-state index in [-0.39, 0.29) is 8.91 Å². The summed E-state index contributed by atoms with van der Waals surface area (Å²) < 4.78 is 0. The van der Waals surface area contributed by atoms with E-state index in [0.717, 1.165) is 0 Å². The molecule has 0 amide bonds. The van der Waals surface area contributed by atoms with Crippen molar-refractivity contribution < 1.29 is 0 Å². The third-order valence-corrected chi connectivity index (χ3v) is 7.36. The lowest BCUT2D eigenvalue weighted by atomic mass is 10.7. The van der Waals surface area contributed by atoms with Gasteiger partial charge in [-0.05, 0) is 0 Å². The van der Waals surface area contributed by atoms with E-state index in [1.165, 1.54) is 0 Å². The Kier molecular flexibility index (Phi) is 4.92. The van der Waals surface area contributed by atoms with E-state index >= 15 is 0 Å². The topological polar surface area (TPSA) is 0 Å². The molecular formula is BCl5Si2. The standard InChI is InChI=1S/BCl5Si2/c2-1(3)7-8(4,5)6. The van der Waals surface area contributed by atoms with Crippen molar-refractivity contribution in [2.24, 2.45) is 0 Å². The molecule has 8 heavy (non-hydrogen) atoms. The smallest absolute Gasteiger partial charge is 0.177 e. The van der Waals surface area contributed by atoms with Crippen LogP contribution in [-0.4, -0.2) is 19.6 Å². The molecule has 0 N–H and O–H groups in total. The van der Waals surface area contributed by atoms with Crippen molar-refractivity contribution in [3.63, 3.8) is 0 Å². The van der Waals surface area contributed by atoms with Gasteiger partial charge in [-0.2, -0.15) is 22.9 Å². The summed E-state index contributed by atoms with van der Waals surface area (Å²) in [5.74, 6) is 0. The van der Waals surface area contributed by atoms with Crippen LogP contribution in [0, 0.1) is 0 Å². The zero-order valence-corrected chi connectivity index (χ0v) is 9.25. The largest absolute Gasteiger partial charge is 0.334 e. The molecule has 0 heterocycles. The second kappa shape index (κ2) is 3.96. The normalized spacial score (nSPS) is 11.6. The van der Waals surface area contributed by atoms with Gasteiger partial charge in [0.2, 0.25) is 0 Å². The molecule has 0 bridgehead atoms. The quantitative estimate of drug-likeness (QED) is 0.516. The van der Waals surface area contributed by atoms with Crippen LogP contribution in [0.3, 0.4) is 0 Å². The molecule has 0 atom stereocenters. The van der Waals surface area contributed by atoms with Crippen molar-refractivity contribution in [1.82, 2.24) is 0 Å². The minimum Gasteiger partial charge on any atom is -0.177 e. The summed E-state index contributed by atoms with van der Waals surface area (Å²) in [5, 5.41) is -0.519. The molecule has 0 aromatic heterocycles. The fraction of sp³-hybridized carbons (Fsp3) is 0. The van der Waals surface area contributed by atoms with Gasteiger partial charge in [0.05, 0.1) is 8.91 Å². The lowest BCUT2D eigenvalue weighted by Gasteiger charge is -2.02. The maximum Gasteiger partial charge on any atom is 0.334 e. The first-order valence-corrected chi connectivity index (χ1v) is 9.53. The van der Waals surface area contributed by atoms with Gasteiger partial charge in [0.25, 0.3) is 0 Å². The Morgan fingerprint density at radius 2 is 1.50 bits per heavy atom. The zero-order chi connectivity index (χ0) is 6.78. The lowest BCUT2D eigenvalue weighted by Crippen LogP contribution is -2.29. The van der Waals surface area contributed by atoms with E-state index in [1.807, 2.05) is 0 Å². The maximum absolute atomic E-state index is 5.44. The molecule has 0 aromatic rings. The molecule has 0 rings (SSSR count). The van der Waals surface area contributed by atoms with Crippen molar-refractivity contribution in [2.75, 3.05) is 0 Å². The molecule has 0 unspecified atom stereocenters. The second-order valence-corrected chi connectivity index (χ2v) is 17.4. The third-order valence-electron chi connectivity index (χ3n) is 0.273. The van der Waals surface area contributed by atoms with Crippen LogP contribution in [0.25, 0.3) is 0 Å². The second-order valence-electron chi connectivity index (χ2n) is 0.943. The van der Waals surface area contributed by atoms with Gasteiger partial charge in [0.15, 0.2) is 0 Å². The van der Waals surface area contributed by atoms with Crippen molar-refractivity contribution in [3.05, 3.63) is 0 Å². The number of hydrogen-bond donors (Lipinski definition) is 0. The molecule has 0 nitrogen and oxygen atoms in total. The van der Waals surface area contributed by atoms with E-state index in [1.54, 1.807) is 0 Å². The molecule has 0 spiro atoms. The fourth-order valence-electron chi connectivity index (χ4n) is 0.124. The molecule has 0 saturated heterocycles. The first-order valence-electron chi connectivity index (χ1n) is 1.54. The molecule has 0 aliphatic heterocycles. The van der Waals surface area contributed by atoms with Crippen LogP contribution in [-0.2, 0) is 0 Å². The predicted molar refractivity (Wildman–Crippen MR) is 46.5 cm³/mol. The van der Waals surface area contributed by atoms with E-state index in [4.69, 9.17) is 56.2 Å². The fourth-order valence-corrected chi connectivity index (χ4v) is 10.0. The molecule has 2 radical (unpaired) electrons. The Morgan fingerprint density at radius 3 is 1.50 bits per heavy atom. The van der Waals surface area contributed by atoms with Crippen molar-refractivity contribution in [3.8, 4) is 0 Å². The number of hydrogen-bond acceptors (Lipinski definition) is 0. The first kappa shape index (κ1) is 9.95. The monoisotopic (exact) mass is 242 g/mol. The van der Waals surface area contributed by atoms with E-state index in [9.17, 15) is 0 Å². The van der Waals surface area contributed by atoms with Gasteiger partial charge in [-0.25, -0.2) is 0 Å². The lowest BCUT2D eigenvalue weighted by molar-refractivity contribution is 3.64. The van der Waals surface area contributed by atoms with Gasteiger partial charge in [0.1, 0.15) is 0 Å². The Balaban J connectivity index is 3.39. The van der Waals surface area contributed by atoms with Gasteiger partial charge in [-0.15, -0.1) is 33.2 Å². The van der Waals surface area contributed by atoms with Gasteiger partial charge in [-0.1, -0.05) is 0 Å². The van der Waals surface area contributed by atoms with Gasteiger partial charge >= 0.3 is 10.7 Å². The highest BCUT2D eigenvalue weighted by molar-refractivity contribution is 7.94. The van der Waals surface area contributed by atoms with Crippen LogP contribution in [0.2, 0.25) is 0 Å². The Bertz CT molecular complexity index is 65.3. The molecule has 0 saturated carbocycles. The van der Waals surface area contributed by atoms with Gasteiger partial charge in [0, 0.05) is 0 Å². The van der Waals surface area contributed by atoms with Gasteiger partial charge in [-0.3, -0.25) is 0 Å². The van der Waals surface area contributed by atoms with Crippen LogP contribution in [0.4, 0.5) is 0 Å². The summed E-state index contributed by atoms with van der Waals surface area (Å²) in [4.78, 5) is 0. The molecule has 0 aliphatic carbocycles. The Labute approximate surface area is 75.3 Å². The zero-order valence-electron chi connectivity index (χ0n) is 3.47. The molecule has 46 valence electrons.